The van der Waals surface area contributed by atoms with Crippen molar-refractivity contribution in [2.45, 2.75) is 103 Å². The Kier molecular flexibility index (Phi) is 13.0. The van der Waals surface area contributed by atoms with Crippen molar-refractivity contribution in [3.05, 3.63) is 60.2 Å². The molecule has 0 fully saturated rings. The van der Waals surface area contributed by atoms with Gasteiger partial charge in [0.1, 0.15) is 0 Å². The molecule has 0 aliphatic carbocycles. The van der Waals surface area contributed by atoms with E-state index in [0.29, 0.717) is 0 Å². The largest absolute Gasteiger partial charge is 0.393 e. The van der Waals surface area contributed by atoms with E-state index in [-0.39, 0.29) is 6.10 Å². The van der Waals surface area contributed by atoms with Crippen molar-refractivity contribution in [1.29, 1.82) is 0 Å². The number of unbranched alkanes of at least 4 members (excludes halogenated alkanes) is 9. The van der Waals surface area contributed by atoms with Crippen molar-refractivity contribution < 1.29 is 5.11 Å². The van der Waals surface area contributed by atoms with Crippen LogP contribution >= 0.6 is 0 Å². The third kappa shape index (κ3) is 11.4. The highest BCUT2D eigenvalue weighted by atomic mass is 16.3. The Morgan fingerprint density at radius 3 is 1.80 bits per heavy atom. The average molecular weight is 410 g/mol. The van der Waals surface area contributed by atoms with E-state index in [9.17, 15) is 5.11 Å². The Labute approximate surface area is 185 Å². The maximum atomic E-state index is 10.2. The standard InChI is InChI=1S/C28H43NO/c1-2-3-4-5-6-7-14-19-28(30)20-15-9-8-11-16-25-21-23-27(24-22-25)29-26-17-12-10-13-18-26/h10,12-13,17-18,21-24,28-30H,2-9,11,14-16,19-20H2,1H3. The summed E-state index contributed by atoms with van der Waals surface area (Å²) >= 11 is 0. The fourth-order valence-corrected chi connectivity index (χ4v) is 3.99. The second-order valence-electron chi connectivity index (χ2n) is 8.70. The van der Waals surface area contributed by atoms with E-state index in [0.717, 1.165) is 37.1 Å². The molecule has 2 nitrogen and oxygen atoms in total. The van der Waals surface area contributed by atoms with Gasteiger partial charge in [-0.25, -0.2) is 0 Å². The van der Waals surface area contributed by atoms with Crippen LogP contribution in [0.5, 0.6) is 0 Å². The molecule has 0 aliphatic heterocycles. The number of aliphatic hydroxyl groups is 1. The number of hydrogen-bond acceptors (Lipinski definition) is 2. The predicted molar refractivity (Wildman–Crippen MR) is 132 cm³/mol. The number of hydrogen-bond donors (Lipinski definition) is 2. The Morgan fingerprint density at radius 2 is 1.17 bits per heavy atom. The summed E-state index contributed by atoms with van der Waals surface area (Å²) in [6, 6.07) is 19.1. The summed E-state index contributed by atoms with van der Waals surface area (Å²) in [7, 11) is 0. The number of nitrogens with one attached hydrogen (secondary N) is 1. The first-order valence-electron chi connectivity index (χ1n) is 12.4. The monoisotopic (exact) mass is 409 g/mol. The van der Waals surface area contributed by atoms with Crippen LogP contribution in [0, 0.1) is 0 Å². The smallest absolute Gasteiger partial charge is 0.0540 e. The van der Waals surface area contributed by atoms with Crippen LogP contribution in [0.2, 0.25) is 0 Å². The molecule has 0 amide bonds. The molecule has 1 unspecified atom stereocenters. The molecule has 0 saturated carbocycles. The van der Waals surface area contributed by atoms with Gasteiger partial charge in [-0.2, -0.15) is 0 Å². The second-order valence-corrected chi connectivity index (χ2v) is 8.70. The number of anilines is 2. The van der Waals surface area contributed by atoms with Crippen LogP contribution < -0.4 is 5.32 Å². The van der Waals surface area contributed by atoms with Crippen LogP contribution in [0.15, 0.2) is 54.6 Å². The summed E-state index contributed by atoms with van der Waals surface area (Å²) < 4.78 is 0. The topological polar surface area (TPSA) is 32.3 Å². The van der Waals surface area contributed by atoms with Crippen LogP contribution in [-0.2, 0) is 6.42 Å². The van der Waals surface area contributed by atoms with Crippen molar-refractivity contribution >= 4 is 11.4 Å². The maximum Gasteiger partial charge on any atom is 0.0540 e. The third-order valence-corrected chi connectivity index (χ3v) is 5.91. The predicted octanol–water partition coefficient (Wildman–Crippen LogP) is 8.42. The number of aliphatic hydroxyl groups excluding tert-OH is 1. The molecular weight excluding hydrogens is 366 g/mol. The van der Waals surface area contributed by atoms with E-state index in [1.807, 2.05) is 18.2 Å². The minimum atomic E-state index is -0.0784. The number of aryl methyl sites for hydroxylation is 1. The minimum Gasteiger partial charge on any atom is -0.393 e. The fraction of sp³-hybridized carbons (Fsp3) is 0.571. The maximum absolute atomic E-state index is 10.2. The van der Waals surface area contributed by atoms with Crippen molar-refractivity contribution in [3.63, 3.8) is 0 Å². The molecular formula is C28H43NO. The van der Waals surface area contributed by atoms with Gasteiger partial charge in [-0.1, -0.05) is 101 Å². The highest BCUT2D eigenvalue weighted by Gasteiger charge is 2.04. The lowest BCUT2D eigenvalue weighted by atomic mass is 10.0. The van der Waals surface area contributed by atoms with Crippen LogP contribution in [0.3, 0.4) is 0 Å². The molecule has 1 atom stereocenters. The fourth-order valence-electron chi connectivity index (χ4n) is 3.99. The average Bonchev–Trinajstić information content (AvgIpc) is 2.77. The molecule has 2 aromatic carbocycles. The van der Waals surface area contributed by atoms with Gasteiger partial charge in [0, 0.05) is 11.4 Å². The van der Waals surface area contributed by atoms with Crippen LogP contribution in [0.25, 0.3) is 0 Å². The van der Waals surface area contributed by atoms with Gasteiger partial charge in [-0.3, -0.25) is 0 Å². The second kappa shape index (κ2) is 16.0. The number of benzene rings is 2. The van der Waals surface area contributed by atoms with E-state index >= 15 is 0 Å². The third-order valence-electron chi connectivity index (χ3n) is 5.91. The van der Waals surface area contributed by atoms with Crippen LogP contribution in [0.4, 0.5) is 11.4 Å². The lowest BCUT2D eigenvalue weighted by Gasteiger charge is -2.10. The number of para-hydroxylation sites is 1. The van der Waals surface area contributed by atoms with Gasteiger partial charge in [0.05, 0.1) is 6.10 Å². The normalized spacial score (nSPS) is 12.1. The first-order chi connectivity index (χ1) is 14.8. The van der Waals surface area contributed by atoms with Crippen molar-refractivity contribution in [2.75, 3.05) is 5.32 Å². The first kappa shape index (κ1) is 24.5. The van der Waals surface area contributed by atoms with E-state index in [2.05, 4.69) is 48.6 Å². The van der Waals surface area contributed by atoms with Gasteiger partial charge in [-0.15, -0.1) is 0 Å². The molecule has 2 heteroatoms. The van der Waals surface area contributed by atoms with Gasteiger partial charge < -0.3 is 10.4 Å². The zero-order valence-electron chi connectivity index (χ0n) is 19.1. The summed E-state index contributed by atoms with van der Waals surface area (Å²) in [5.41, 5.74) is 3.67. The molecule has 0 aromatic heterocycles. The van der Waals surface area contributed by atoms with E-state index < -0.39 is 0 Å². The summed E-state index contributed by atoms with van der Waals surface area (Å²) in [5, 5.41) is 13.6. The SMILES string of the molecule is CCCCCCCCCC(O)CCCCCCc1ccc(Nc2ccccc2)cc1. The lowest BCUT2D eigenvalue weighted by Crippen LogP contribution is -2.05. The molecule has 0 aliphatic rings. The molecule has 0 heterocycles. The molecule has 2 N–H and O–H groups in total. The highest BCUT2D eigenvalue weighted by Crippen LogP contribution is 2.18. The van der Waals surface area contributed by atoms with Gasteiger partial charge in [0.25, 0.3) is 0 Å². The quantitative estimate of drug-likeness (QED) is 0.257. The Balaban J connectivity index is 1.45. The van der Waals surface area contributed by atoms with Crippen molar-refractivity contribution in [2.24, 2.45) is 0 Å². The molecule has 166 valence electrons. The van der Waals surface area contributed by atoms with Gasteiger partial charge >= 0.3 is 0 Å². The Bertz CT molecular complexity index is 637. The molecule has 0 radical (unpaired) electrons. The Morgan fingerprint density at radius 1 is 0.633 bits per heavy atom. The minimum absolute atomic E-state index is 0.0784. The number of rotatable bonds is 17. The molecule has 0 saturated heterocycles. The van der Waals surface area contributed by atoms with Gasteiger partial charge in [-0.05, 0) is 55.5 Å². The van der Waals surface area contributed by atoms with Crippen LogP contribution in [-0.4, -0.2) is 11.2 Å². The van der Waals surface area contributed by atoms with E-state index in [1.165, 1.54) is 69.8 Å². The highest BCUT2D eigenvalue weighted by molar-refractivity contribution is 5.59. The first-order valence-corrected chi connectivity index (χ1v) is 12.4. The lowest BCUT2D eigenvalue weighted by molar-refractivity contribution is 0.147. The summed E-state index contributed by atoms with van der Waals surface area (Å²) in [5.74, 6) is 0. The summed E-state index contributed by atoms with van der Waals surface area (Å²) in [4.78, 5) is 0. The summed E-state index contributed by atoms with van der Waals surface area (Å²) in [6.45, 7) is 2.26. The summed E-state index contributed by atoms with van der Waals surface area (Å²) in [6.07, 6.45) is 17.2. The molecule has 0 bridgehead atoms. The molecule has 30 heavy (non-hydrogen) atoms. The zero-order chi connectivity index (χ0) is 21.3. The van der Waals surface area contributed by atoms with Gasteiger partial charge in [0.2, 0.25) is 0 Å². The van der Waals surface area contributed by atoms with E-state index in [1.54, 1.807) is 0 Å². The zero-order valence-corrected chi connectivity index (χ0v) is 19.1. The molecule has 0 spiro atoms. The molecule has 2 aromatic rings. The van der Waals surface area contributed by atoms with E-state index in [4.69, 9.17) is 0 Å². The van der Waals surface area contributed by atoms with Crippen LogP contribution in [0.1, 0.15) is 96.0 Å². The van der Waals surface area contributed by atoms with Crippen molar-refractivity contribution in [3.8, 4) is 0 Å². The van der Waals surface area contributed by atoms with Crippen molar-refractivity contribution in [1.82, 2.24) is 0 Å². The van der Waals surface area contributed by atoms with Gasteiger partial charge in [0.15, 0.2) is 0 Å². The Hall–Kier alpha value is -1.80. The molecule has 2 rings (SSSR count).